The molecule has 0 fully saturated rings. The predicted molar refractivity (Wildman–Crippen MR) is 117 cm³/mol. The van der Waals surface area contributed by atoms with Gasteiger partial charge in [0.05, 0.1) is 11.3 Å². The highest BCUT2D eigenvalue weighted by atomic mass is 32.2. The van der Waals surface area contributed by atoms with Crippen LogP contribution in [0, 0.1) is 12.3 Å². The van der Waals surface area contributed by atoms with E-state index in [1.165, 1.54) is 16.9 Å². The van der Waals surface area contributed by atoms with Gasteiger partial charge in [0.2, 0.25) is 15.0 Å². The van der Waals surface area contributed by atoms with Gasteiger partial charge < -0.3 is 5.73 Å². The summed E-state index contributed by atoms with van der Waals surface area (Å²) in [6.45, 7) is 4.98. The van der Waals surface area contributed by atoms with E-state index in [1.54, 1.807) is 32.9 Å². The van der Waals surface area contributed by atoms with Gasteiger partial charge in [-0.2, -0.15) is 17.9 Å². The molecule has 0 saturated carbocycles. The molecule has 1 aliphatic carbocycles. The highest BCUT2D eigenvalue weighted by Crippen LogP contribution is 2.53. The van der Waals surface area contributed by atoms with Crippen LogP contribution in [0.2, 0.25) is 0 Å². The number of ketones is 1. The normalized spacial score (nSPS) is 22.9. The van der Waals surface area contributed by atoms with Crippen molar-refractivity contribution in [2.24, 2.45) is 5.41 Å². The average molecular weight is 516 g/mol. The second-order valence-corrected chi connectivity index (χ2v) is 11.8. The molecule has 9 nitrogen and oxygen atoms in total. The van der Waals surface area contributed by atoms with E-state index in [0.29, 0.717) is 16.9 Å². The predicted octanol–water partition coefficient (Wildman–Crippen LogP) is 2.70. The summed E-state index contributed by atoms with van der Waals surface area (Å²) >= 11 is 0.330. The van der Waals surface area contributed by atoms with E-state index in [9.17, 15) is 31.2 Å². The summed E-state index contributed by atoms with van der Waals surface area (Å²) in [5.74, 6) is -2.60. The number of nitrogens with one attached hydrogen (secondary N) is 1. The first-order valence-electron chi connectivity index (χ1n) is 9.97. The van der Waals surface area contributed by atoms with Crippen LogP contribution < -0.4 is 15.4 Å². The summed E-state index contributed by atoms with van der Waals surface area (Å²) in [6, 6.07) is 6.22. The number of allylic oxidation sites excluding steroid dienone is 1. The third-order valence-electron chi connectivity index (χ3n) is 5.74. The Balaban J connectivity index is 2.01. The van der Waals surface area contributed by atoms with Crippen molar-refractivity contribution in [3.05, 3.63) is 41.1 Å². The summed E-state index contributed by atoms with van der Waals surface area (Å²) in [5.41, 5.74) is 0.284. The number of nitrogens with two attached hydrogens (primary N) is 1. The molecule has 4 rings (SSSR count). The number of rotatable bonds is 4. The van der Waals surface area contributed by atoms with E-state index >= 15 is 0 Å². The quantitative estimate of drug-likeness (QED) is 0.639. The molecule has 0 bridgehead atoms. The summed E-state index contributed by atoms with van der Waals surface area (Å²) in [5, 5.41) is 6.33. The lowest BCUT2D eigenvalue weighted by atomic mass is 9.72. The van der Waals surface area contributed by atoms with Crippen LogP contribution in [0.3, 0.4) is 0 Å². The number of hydrogen-bond acceptors (Lipinski definition) is 8. The molecule has 1 aromatic carbocycles. The lowest BCUT2D eigenvalue weighted by Gasteiger charge is -2.35. The largest absolute Gasteiger partial charge is 0.421 e. The van der Waals surface area contributed by atoms with Crippen molar-refractivity contribution in [1.82, 2.24) is 14.9 Å². The molecule has 1 atom stereocenters. The van der Waals surface area contributed by atoms with E-state index in [-0.39, 0.29) is 29.4 Å². The number of halogens is 3. The number of sulfonamides is 1. The van der Waals surface area contributed by atoms with Crippen LogP contribution >= 0.6 is 11.3 Å². The van der Waals surface area contributed by atoms with E-state index in [0.717, 1.165) is 4.90 Å². The fourth-order valence-corrected chi connectivity index (χ4v) is 6.47. The highest BCUT2D eigenvalue weighted by Gasteiger charge is 2.72. The van der Waals surface area contributed by atoms with Crippen molar-refractivity contribution >= 4 is 43.9 Å². The molecule has 1 aliphatic heterocycles. The first kappa shape index (κ1) is 24.3. The van der Waals surface area contributed by atoms with Crippen molar-refractivity contribution in [3.8, 4) is 0 Å². The van der Waals surface area contributed by atoms with Gasteiger partial charge in [0.15, 0.2) is 5.78 Å². The van der Waals surface area contributed by atoms with Gasteiger partial charge in [0.25, 0.3) is 15.9 Å². The monoisotopic (exact) mass is 515 g/mol. The first-order chi connectivity index (χ1) is 15.6. The minimum Gasteiger partial charge on any atom is -0.374 e. The number of aromatic nitrogens is 2. The molecular weight excluding hydrogens is 495 g/mol. The van der Waals surface area contributed by atoms with Crippen LogP contribution in [0.5, 0.6) is 0 Å². The number of para-hydroxylation sites is 1. The van der Waals surface area contributed by atoms with Crippen LogP contribution in [0.25, 0.3) is 0 Å². The second-order valence-electron chi connectivity index (χ2n) is 8.95. The summed E-state index contributed by atoms with van der Waals surface area (Å²) in [7, 11) is -5.05. The summed E-state index contributed by atoms with van der Waals surface area (Å²) in [4.78, 5) is 27.7. The number of Topliss-reactive ketones (excluding diaryl/α,β-unsaturated/α-hetero) is 1. The Labute approximate surface area is 196 Å². The third-order valence-corrected chi connectivity index (χ3v) is 8.31. The lowest BCUT2D eigenvalue weighted by Crippen LogP contribution is -2.66. The Morgan fingerprint density at radius 3 is 2.35 bits per heavy atom. The van der Waals surface area contributed by atoms with E-state index < -0.39 is 48.8 Å². The maximum Gasteiger partial charge on any atom is 0.421 e. The molecule has 2 aliphatic rings. The van der Waals surface area contributed by atoms with Gasteiger partial charge in [-0.15, -0.1) is 10.2 Å². The maximum absolute atomic E-state index is 14.8. The molecule has 0 radical (unpaired) electrons. The topological polar surface area (TPSA) is 135 Å². The number of nitrogen functional groups attached to an aromatic ring is 1. The zero-order valence-electron chi connectivity index (χ0n) is 18.2. The van der Waals surface area contributed by atoms with Crippen LogP contribution in [-0.2, 0) is 19.6 Å². The Kier molecular flexibility index (Phi) is 5.42. The molecular formula is C20H20F3N5O4S2. The molecule has 3 N–H and O–H groups in total. The average Bonchev–Trinajstić information content (AvgIpc) is 3.22. The van der Waals surface area contributed by atoms with Gasteiger partial charge >= 0.3 is 6.18 Å². The second kappa shape index (κ2) is 7.58. The number of alkyl halides is 3. The number of anilines is 2. The molecule has 2 heterocycles. The molecule has 1 aromatic heterocycles. The molecule has 2 aromatic rings. The number of nitrogens with zero attached hydrogens (tertiary/aromatic N) is 3. The highest BCUT2D eigenvalue weighted by molar-refractivity contribution is 7.91. The fraction of sp³-hybridized carbons (Fsp3) is 0.400. The Hall–Kier alpha value is -2.84. The Morgan fingerprint density at radius 2 is 1.79 bits per heavy atom. The van der Waals surface area contributed by atoms with Gasteiger partial charge in [0, 0.05) is 12.1 Å². The van der Waals surface area contributed by atoms with E-state index in [1.807, 2.05) is 0 Å². The van der Waals surface area contributed by atoms with Crippen molar-refractivity contribution in [2.45, 2.75) is 49.7 Å². The van der Waals surface area contributed by atoms with Crippen LogP contribution in [0.4, 0.5) is 24.0 Å². The van der Waals surface area contributed by atoms with Gasteiger partial charge in [-0.05, 0) is 30.4 Å². The lowest BCUT2D eigenvalue weighted by molar-refractivity contribution is -0.184. The van der Waals surface area contributed by atoms with Gasteiger partial charge in [0.1, 0.15) is 0 Å². The zero-order valence-corrected chi connectivity index (χ0v) is 19.9. The number of hydrogen-bond donors (Lipinski definition) is 2. The van der Waals surface area contributed by atoms with Gasteiger partial charge in [-0.25, -0.2) is 8.42 Å². The fourth-order valence-electron chi connectivity index (χ4n) is 4.36. The number of amides is 1. The van der Waals surface area contributed by atoms with Crippen LogP contribution in [0.15, 0.2) is 39.9 Å². The summed E-state index contributed by atoms with van der Waals surface area (Å²) < 4.78 is 71.0. The zero-order chi connectivity index (χ0) is 25.3. The first-order valence-corrected chi connectivity index (χ1v) is 12.3. The molecule has 0 saturated heterocycles. The maximum atomic E-state index is 14.8. The third kappa shape index (κ3) is 3.60. The molecule has 34 heavy (non-hydrogen) atoms. The van der Waals surface area contributed by atoms with Crippen molar-refractivity contribution in [1.29, 1.82) is 0 Å². The van der Waals surface area contributed by atoms with Crippen molar-refractivity contribution in [2.75, 3.05) is 10.6 Å². The smallest absolute Gasteiger partial charge is 0.374 e. The number of aryl methyl sites for hydroxylation is 1. The number of benzene rings is 1. The minimum atomic E-state index is -5.50. The molecule has 1 amide bonds. The number of carbonyl (C=O) groups is 2. The molecule has 0 spiro atoms. The van der Waals surface area contributed by atoms with Crippen LogP contribution in [0.1, 0.15) is 32.3 Å². The number of carbonyl (C=O) groups excluding carboxylic acids is 2. The van der Waals surface area contributed by atoms with Crippen molar-refractivity contribution in [3.63, 3.8) is 0 Å². The van der Waals surface area contributed by atoms with E-state index in [2.05, 4.69) is 10.2 Å². The van der Waals surface area contributed by atoms with Gasteiger partial charge in [-0.3, -0.25) is 14.5 Å². The molecule has 1 unspecified atom stereocenters. The SMILES string of the molecule is Cc1ccccc1N1C(=O)C(NS(=O)(=O)c2nnc(N)s2)(C(F)(F)F)C2=C1CC(C)(C)CC2=O. The van der Waals surface area contributed by atoms with Gasteiger partial charge in [-0.1, -0.05) is 43.4 Å². The standard InChI is InChI=1S/C20H20F3N5O4S2/c1-10-6-4-5-7-11(10)28-12-8-18(2,3)9-13(29)14(12)19(15(28)30,20(21,22)23)27-34(31,32)17-26-25-16(24)33-17/h4-7,27H,8-9H2,1-3H3,(H2,24,25). The Morgan fingerprint density at radius 1 is 1.15 bits per heavy atom. The minimum absolute atomic E-state index is 0.0561. The molecule has 182 valence electrons. The van der Waals surface area contributed by atoms with E-state index in [4.69, 9.17) is 5.73 Å². The summed E-state index contributed by atoms with van der Waals surface area (Å²) in [6.07, 6.45) is -5.85. The van der Waals surface area contributed by atoms with Crippen LogP contribution in [-0.4, -0.2) is 42.0 Å². The molecule has 14 heteroatoms. The Bertz CT molecular complexity index is 1350. The van der Waals surface area contributed by atoms with Crippen molar-refractivity contribution < 1.29 is 31.2 Å².